The van der Waals surface area contributed by atoms with Gasteiger partial charge in [-0.25, -0.2) is 16.8 Å². The molecule has 0 saturated carbocycles. The van der Waals surface area contributed by atoms with E-state index in [1.807, 2.05) is 13.0 Å². The van der Waals surface area contributed by atoms with E-state index >= 15 is 0 Å². The van der Waals surface area contributed by atoms with Crippen LogP contribution in [0.3, 0.4) is 0 Å². The normalized spacial score (nSPS) is 21.7. The number of amides is 2. The first kappa shape index (κ1) is 23.7. The van der Waals surface area contributed by atoms with Gasteiger partial charge in [0.25, 0.3) is 0 Å². The molecule has 0 aliphatic carbocycles. The fraction of sp³-hybridized carbons (Fsp3) is 0.600. The van der Waals surface area contributed by atoms with Crippen LogP contribution in [0.5, 0.6) is 0 Å². The fourth-order valence-electron chi connectivity index (χ4n) is 3.89. The van der Waals surface area contributed by atoms with Crippen LogP contribution in [-0.2, 0) is 29.4 Å². The molecule has 3 rings (SSSR count). The first-order valence-corrected chi connectivity index (χ1v) is 13.6. The van der Waals surface area contributed by atoms with Gasteiger partial charge in [0.1, 0.15) is 0 Å². The highest BCUT2D eigenvalue weighted by atomic mass is 32.2. The molecule has 2 fully saturated rings. The Labute approximate surface area is 183 Å². The smallest absolute Gasteiger partial charge is 0.243 e. The maximum Gasteiger partial charge on any atom is 0.243 e. The standard InChI is InChI=1S/C20H29N3O6S2/c1-15-3-4-16(2)18(13-15)31(28,29)23-10-8-22(9-11-23)20(25)6-5-19(24)21-17-7-12-30(26,27)14-17/h3-4,13,17H,5-12,14H2,1-2H3,(H,21,24)/t17-/m0/s1. The summed E-state index contributed by atoms with van der Waals surface area (Å²) in [5.74, 6) is -0.528. The van der Waals surface area contributed by atoms with E-state index in [2.05, 4.69) is 5.32 Å². The Morgan fingerprint density at radius 2 is 1.77 bits per heavy atom. The Morgan fingerprint density at radius 1 is 1.10 bits per heavy atom. The predicted molar refractivity (Wildman–Crippen MR) is 116 cm³/mol. The van der Waals surface area contributed by atoms with E-state index in [-0.39, 0.29) is 73.3 Å². The average molecular weight is 472 g/mol. The second-order valence-electron chi connectivity index (χ2n) is 8.22. The lowest BCUT2D eigenvalue weighted by molar-refractivity contribution is -0.134. The third kappa shape index (κ3) is 5.83. The van der Waals surface area contributed by atoms with Crippen molar-refractivity contribution in [3.8, 4) is 0 Å². The monoisotopic (exact) mass is 471 g/mol. The molecule has 0 bridgehead atoms. The Kier molecular flexibility index (Phi) is 7.07. The first-order chi connectivity index (χ1) is 14.5. The van der Waals surface area contributed by atoms with Crippen LogP contribution < -0.4 is 5.32 Å². The van der Waals surface area contributed by atoms with Crippen LogP contribution >= 0.6 is 0 Å². The summed E-state index contributed by atoms with van der Waals surface area (Å²) >= 11 is 0. The molecule has 2 saturated heterocycles. The van der Waals surface area contributed by atoms with Gasteiger partial charge in [0.05, 0.1) is 16.4 Å². The summed E-state index contributed by atoms with van der Waals surface area (Å²) < 4.78 is 50.3. The van der Waals surface area contributed by atoms with Crippen molar-refractivity contribution in [3.63, 3.8) is 0 Å². The lowest BCUT2D eigenvalue weighted by atomic mass is 10.2. The van der Waals surface area contributed by atoms with E-state index in [0.717, 1.165) is 5.56 Å². The van der Waals surface area contributed by atoms with Gasteiger partial charge in [-0.2, -0.15) is 4.31 Å². The molecule has 1 atom stereocenters. The van der Waals surface area contributed by atoms with E-state index in [0.29, 0.717) is 12.0 Å². The van der Waals surface area contributed by atoms with Crippen LogP contribution in [-0.4, -0.2) is 81.6 Å². The maximum absolute atomic E-state index is 13.0. The third-order valence-electron chi connectivity index (χ3n) is 5.72. The molecule has 2 aliphatic heterocycles. The number of carbonyl (C=O) groups is 2. The van der Waals surface area contributed by atoms with Crippen molar-refractivity contribution in [1.29, 1.82) is 0 Å². The van der Waals surface area contributed by atoms with E-state index < -0.39 is 19.9 Å². The van der Waals surface area contributed by atoms with Crippen molar-refractivity contribution in [2.75, 3.05) is 37.7 Å². The summed E-state index contributed by atoms with van der Waals surface area (Å²) in [6.07, 6.45) is 0.393. The fourth-order valence-corrected chi connectivity index (χ4v) is 7.29. The Morgan fingerprint density at radius 3 is 2.39 bits per heavy atom. The highest BCUT2D eigenvalue weighted by Crippen LogP contribution is 2.22. The van der Waals surface area contributed by atoms with Gasteiger partial charge in [0, 0.05) is 45.1 Å². The van der Waals surface area contributed by atoms with E-state index in [9.17, 15) is 26.4 Å². The number of rotatable bonds is 6. The van der Waals surface area contributed by atoms with Gasteiger partial charge >= 0.3 is 0 Å². The summed E-state index contributed by atoms with van der Waals surface area (Å²) in [7, 11) is -6.71. The van der Waals surface area contributed by atoms with Crippen LogP contribution in [0.1, 0.15) is 30.4 Å². The number of nitrogens with zero attached hydrogens (tertiary/aromatic N) is 2. The van der Waals surface area contributed by atoms with Crippen molar-refractivity contribution in [2.24, 2.45) is 0 Å². The lowest BCUT2D eigenvalue weighted by Crippen LogP contribution is -2.50. The SMILES string of the molecule is Cc1ccc(C)c(S(=O)(=O)N2CCN(C(=O)CCC(=O)N[C@H]3CCS(=O)(=O)C3)CC2)c1. The van der Waals surface area contributed by atoms with Gasteiger partial charge in [-0.1, -0.05) is 12.1 Å². The molecule has 11 heteroatoms. The van der Waals surface area contributed by atoms with Crippen LogP contribution in [0, 0.1) is 13.8 Å². The number of nitrogens with one attached hydrogen (secondary N) is 1. The Hall–Kier alpha value is -1.98. The molecule has 2 heterocycles. The second kappa shape index (κ2) is 9.25. The number of aryl methyl sites for hydroxylation is 2. The van der Waals surface area contributed by atoms with Crippen LogP contribution in [0.2, 0.25) is 0 Å². The molecule has 0 spiro atoms. The number of sulfonamides is 1. The number of carbonyl (C=O) groups excluding carboxylic acids is 2. The van der Waals surface area contributed by atoms with Gasteiger partial charge in [-0.05, 0) is 37.5 Å². The molecule has 1 aromatic rings. The van der Waals surface area contributed by atoms with Crippen LogP contribution in [0.15, 0.2) is 23.1 Å². The van der Waals surface area contributed by atoms with Crippen molar-refractivity contribution in [1.82, 2.24) is 14.5 Å². The van der Waals surface area contributed by atoms with Gasteiger partial charge in [0.15, 0.2) is 9.84 Å². The third-order valence-corrected chi connectivity index (χ3v) is 9.52. The highest BCUT2D eigenvalue weighted by molar-refractivity contribution is 7.91. The van der Waals surface area contributed by atoms with Gasteiger partial charge < -0.3 is 10.2 Å². The number of benzene rings is 1. The minimum Gasteiger partial charge on any atom is -0.352 e. The van der Waals surface area contributed by atoms with E-state index in [4.69, 9.17) is 0 Å². The maximum atomic E-state index is 13.0. The molecule has 2 amide bonds. The first-order valence-electron chi connectivity index (χ1n) is 10.3. The summed E-state index contributed by atoms with van der Waals surface area (Å²) in [5.41, 5.74) is 1.55. The lowest BCUT2D eigenvalue weighted by Gasteiger charge is -2.34. The molecule has 31 heavy (non-hydrogen) atoms. The van der Waals surface area contributed by atoms with Crippen molar-refractivity contribution >= 4 is 31.7 Å². The zero-order valence-corrected chi connectivity index (χ0v) is 19.5. The molecule has 1 aromatic carbocycles. The predicted octanol–water partition coefficient (Wildman–Crippen LogP) is 0.220. The topological polar surface area (TPSA) is 121 Å². The number of sulfone groups is 1. The largest absolute Gasteiger partial charge is 0.352 e. The molecule has 1 N–H and O–H groups in total. The zero-order chi connectivity index (χ0) is 22.8. The Bertz CT molecular complexity index is 1060. The van der Waals surface area contributed by atoms with Gasteiger partial charge in [-0.3, -0.25) is 9.59 Å². The van der Waals surface area contributed by atoms with Crippen LogP contribution in [0.25, 0.3) is 0 Å². The van der Waals surface area contributed by atoms with E-state index in [1.165, 1.54) is 4.31 Å². The summed E-state index contributed by atoms with van der Waals surface area (Å²) in [4.78, 5) is 26.3. The summed E-state index contributed by atoms with van der Waals surface area (Å²) in [5, 5.41) is 2.67. The molecule has 172 valence electrons. The molecular formula is C20H29N3O6S2. The number of piperazine rings is 1. The van der Waals surface area contributed by atoms with Crippen molar-refractivity contribution < 1.29 is 26.4 Å². The van der Waals surface area contributed by atoms with Crippen LogP contribution in [0.4, 0.5) is 0 Å². The van der Waals surface area contributed by atoms with Crippen molar-refractivity contribution in [3.05, 3.63) is 29.3 Å². The Balaban J connectivity index is 1.48. The molecule has 2 aliphatic rings. The molecular weight excluding hydrogens is 442 g/mol. The second-order valence-corrected chi connectivity index (χ2v) is 12.4. The quantitative estimate of drug-likeness (QED) is 0.634. The molecule has 0 aromatic heterocycles. The zero-order valence-electron chi connectivity index (χ0n) is 17.8. The highest BCUT2D eigenvalue weighted by Gasteiger charge is 2.32. The van der Waals surface area contributed by atoms with E-state index in [1.54, 1.807) is 24.0 Å². The summed E-state index contributed by atoms with van der Waals surface area (Å²) in [6, 6.07) is 4.93. The molecule has 9 nitrogen and oxygen atoms in total. The van der Waals surface area contributed by atoms with Gasteiger partial charge in [0.2, 0.25) is 21.8 Å². The summed E-state index contributed by atoms with van der Waals surface area (Å²) in [6.45, 7) is 4.55. The molecule has 0 unspecified atom stereocenters. The number of hydrogen-bond acceptors (Lipinski definition) is 6. The molecule has 0 radical (unpaired) electrons. The minimum atomic E-state index is -3.63. The average Bonchev–Trinajstić information content (AvgIpc) is 3.06. The van der Waals surface area contributed by atoms with Crippen molar-refractivity contribution in [2.45, 2.75) is 44.0 Å². The van der Waals surface area contributed by atoms with Gasteiger partial charge in [-0.15, -0.1) is 0 Å². The minimum absolute atomic E-state index is 0.00897. The number of hydrogen-bond donors (Lipinski definition) is 1.